The van der Waals surface area contributed by atoms with Gasteiger partial charge in [0.1, 0.15) is 5.82 Å². The fourth-order valence-electron chi connectivity index (χ4n) is 3.25. The highest BCUT2D eigenvalue weighted by Gasteiger charge is 2.27. The largest absolute Gasteiger partial charge is 0.466 e. The number of ether oxygens (including phenoxy) is 2. The van der Waals surface area contributed by atoms with Crippen LogP contribution in [0.5, 0.6) is 0 Å². The van der Waals surface area contributed by atoms with Crippen LogP contribution in [-0.2, 0) is 27.9 Å². The molecular formula is C19H24FN3O3. The molecule has 26 heavy (non-hydrogen) atoms. The van der Waals surface area contributed by atoms with Crippen molar-refractivity contribution in [1.82, 2.24) is 14.7 Å². The summed E-state index contributed by atoms with van der Waals surface area (Å²) in [6.07, 6.45) is 2.18. The summed E-state index contributed by atoms with van der Waals surface area (Å²) in [5.41, 5.74) is 2.04. The van der Waals surface area contributed by atoms with Crippen molar-refractivity contribution in [2.45, 2.75) is 25.9 Å². The molecule has 0 radical (unpaired) electrons. The van der Waals surface area contributed by atoms with Crippen LogP contribution in [0, 0.1) is 5.82 Å². The molecule has 1 saturated heterocycles. The van der Waals surface area contributed by atoms with Crippen molar-refractivity contribution in [3.63, 3.8) is 0 Å². The average molecular weight is 361 g/mol. The molecule has 0 N–H and O–H groups in total. The van der Waals surface area contributed by atoms with E-state index in [9.17, 15) is 9.18 Å². The maximum atomic E-state index is 14.2. The number of benzene rings is 1. The van der Waals surface area contributed by atoms with E-state index in [1.807, 2.05) is 13.2 Å². The lowest BCUT2D eigenvalue weighted by Crippen LogP contribution is -2.46. The van der Waals surface area contributed by atoms with Crippen molar-refractivity contribution in [3.8, 4) is 11.3 Å². The molecule has 0 unspecified atom stereocenters. The van der Waals surface area contributed by atoms with Gasteiger partial charge in [-0.25, -0.2) is 4.39 Å². The molecule has 1 aliphatic heterocycles. The maximum Gasteiger partial charge on any atom is 0.307 e. The number of hydrogen-bond acceptors (Lipinski definition) is 5. The summed E-state index contributed by atoms with van der Waals surface area (Å²) in [6.45, 7) is 4.53. The Hall–Kier alpha value is -2.25. The van der Waals surface area contributed by atoms with E-state index in [0.29, 0.717) is 44.2 Å². The van der Waals surface area contributed by atoms with E-state index in [1.54, 1.807) is 29.8 Å². The number of morpholine rings is 1. The summed E-state index contributed by atoms with van der Waals surface area (Å²) in [6, 6.07) is 6.58. The highest BCUT2D eigenvalue weighted by molar-refractivity contribution is 5.70. The van der Waals surface area contributed by atoms with Gasteiger partial charge in [0.15, 0.2) is 0 Å². The molecule has 7 heteroatoms. The van der Waals surface area contributed by atoms with Gasteiger partial charge in [0, 0.05) is 43.5 Å². The van der Waals surface area contributed by atoms with Crippen LogP contribution in [0.1, 0.15) is 18.9 Å². The second-order valence-electron chi connectivity index (χ2n) is 6.36. The third kappa shape index (κ3) is 4.28. The van der Waals surface area contributed by atoms with Gasteiger partial charge in [-0.15, -0.1) is 0 Å². The number of aryl methyl sites for hydroxylation is 1. The molecule has 140 valence electrons. The Bertz CT molecular complexity index is 762. The van der Waals surface area contributed by atoms with Crippen LogP contribution < -0.4 is 0 Å². The van der Waals surface area contributed by atoms with Gasteiger partial charge in [0.2, 0.25) is 0 Å². The summed E-state index contributed by atoms with van der Waals surface area (Å²) in [4.78, 5) is 14.1. The first-order valence-electron chi connectivity index (χ1n) is 8.83. The first-order valence-corrected chi connectivity index (χ1v) is 8.83. The Labute approximate surface area is 152 Å². The third-order valence-corrected chi connectivity index (χ3v) is 4.46. The van der Waals surface area contributed by atoms with Crippen LogP contribution in [0.2, 0.25) is 0 Å². The van der Waals surface area contributed by atoms with Gasteiger partial charge in [-0.1, -0.05) is 12.1 Å². The minimum atomic E-state index is -0.294. The highest BCUT2D eigenvalue weighted by Crippen LogP contribution is 2.27. The second kappa shape index (κ2) is 8.42. The zero-order valence-corrected chi connectivity index (χ0v) is 15.2. The van der Waals surface area contributed by atoms with E-state index in [-0.39, 0.29) is 24.2 Å². The zero-order valence-electron chi connectivity index (χ0n) is 15.2. The molecule has 0 saturated carbocycles. The lowest BCUT2D eigenvalue weighted by atomic mass is 10.1. The summed E-state index contributed by atoms with van der Waals surface area (Å²) >= 11 is 0. The topological polar surface area (TPSA) is 56.6 Å². The normalized spacial score (nSPS) is 18.0. The fourth-order valence-corrected chi connectivity index (χ4v) is 3.25. The Morgan fingerprint density at radius 2 is 2.23 bits per heavy atom. The highest BCUT2D eigenvalue weighted by atomic mass is 19.1. The molecule has 1 aliphatic rings. The minimum absolute atomic E-state index is 0.0588. The molecule has 0 spiro atoms. The molecule has 0 amide bonds. The number of nitrogens with zero attached hydrogens (tertiary/aromatic N) is 3. The number of hydrogen-bond donors (Lipinski definition) is 0. The fraction of sp³-hybridized carbons (Fsp3) is 0.474. The SMILES string of the molecule is CCOC(=O)C[C@H]1COCCN1Cc1cn(C)nc1-c1ccccc1F. The van der Waals surface area contributed by atoms with E-state index >= 15 is 0 Å². The molecule has 0 bridgehead atoms. The standard InChI is InChI=1S/C19H24FN3O3/c1-3-26-18(24)10-15-13-25-9-8-23(15)12-14-11-22(2)21-19(14)16-6-4-5-7-17(16)20/h4-7,11,15H,3,8-10,12-13H2,1-2H3/t15-/m0/s1. The van der Waals surface area contributed by atoms with Crippen LogP contribution in [-0.4, -0.2) is 53.1 Å². The van der Waals surface area contributed by atoms with Crippen molar-refractivity contribution in [1.29, 1.82) is 0 Å². The van der Waals surface area contributed by atoms with E-state index in [1.165, 1.54) is 6.07 Å². The van der Waals surface area contributed by atoms with Crippen LogP contribution >= 0.6 is 0 Å². The Balaban J connectivity index is 1.81. The molecule has 6 nitrogen and oxygen atoms in total. The first kappa shape index (κ1) is 18.5. The van der Waals surface area contributed by atoms with E-state index in [4.69, 9.17) is 9.47 Å². The van der Waals surface area contributed by atoms with Gasteiger partial charge >= 0.3 is 5.97 Å². The van der Waals surface area contributed by atoms with Gasteiger partial charge in [-0.3, -0.25) is 14.4 Å². The lowest BCUT2D eigenvalue weighted by Gasteiger charge is -2.35. The predicted molar refractivity (Wildman–Crippen MR) is 94.9 cm³/mol. The zero-order chi connectivity index (χ0) is 18.5. The summed E-state index contributed by atoms with van der Waals surface area (Å²) in [5, 5.41) is 4.45. The second-order valence-corrected chi connectivity index (χ2v) is 6.36. The molecular weight excluding hydrogens is 337 g/mol. The Kier molecular flexibility index (Phi) is 6.00. The molecule has 1 fully saturated rings. The van der Waals surface area contributed by atoms with Gasteiger partial charge in [-0.2, -0.15) is 5.10 Å². The van der Waals surface area contributed by atoms with Gasteiger partial charge in [-0.05, 0) is 19.1 Å². The van der Waals surface area contributed by atoms with E-state index in [2.05, 4.69) is 10.00 Å². The third-order valence-electron chi connectivity index (χ3n) is 4.46. The quantitative estimate of drug-likeness (QED) is 0.740. The number of rotatable bonds is 6. The van der Waals surface area contributed by atoms with Crippen molar-refractivity contribution >= 4 is 5.97 Å². The van der Waals surface area contributed by atoms with Crippen LogP contribution in [0.15, 0.2) is 30.5 Å². The Morgan fingerprint density at radius 1 is 1.42 bits per heavy atom. The van der Waals surface area contributed by atoms with Gasteiger partial charge in [0.05, 0.1) is 31.9 Å². The lowest BCUT2D eigenvalue weighted by molar-refractivity contribution is -0.146. The van der Waals surface area contributed by atoms with Crippen LogP contribution in [0.25, 0.3) is 11.3 Å². The van der Waals surface area contributed by atoms with Crippen LogP contribution in [0.3, 0.4) is 0 Å². The monoisotopic (exact) mass is 361 g/mol. The summed E-state index contributed by atoms with van der Waals surface area (Å²) in [7, 11) is 1.82. The summed E-state index contributed by atoms with van der Waals surface area (Å²) in [5.74, 6) is -0.522. The van der Waals surface area contributed by atoms with Gasteiger partial charge in [0.25, 0.3) is 0 Å². The Morgan fingerprint density at radius 3 is 3.00 bits per heavy atom. The number of halogens is 1. The van der Waals surface area contributed by atoms with Crippen molar-refractivity contribution in [2.24, 2.45) is 7.05 Å². The molecule has 1 atom stereocenters. The number of carbonyl (C=O) groups excluding carboxylic acids is 1. The smallest absolute Gasteiger partial charge is 0.307 e. The maximum absolute atomic E-state index is 14.2. The molecule has 0 aliphatic carbocycles. The number of carbonyl (C=O) groups is 1. The average Bonchev–Trinajstić information content (AvgIpc) is 2.97. The van der Waals surface area contributed by atoms with E-state index < -0.39 is 0 Å². The van der Waals surface area contributed by atoms with Crippen molar-refractivity contribution in [3.05, 3.63) is 41.8 Å². The predicted octanol–water partition coefficient (Wildman–Crippen LogP) is 2.38. The molecule has 1 aromatic carbocycles. The molecule has 3 rings (SSSR count). The van der Waals surface area contributed by atoms with Crippen molar-refractivity contribution in [2.75, 3.05) is 26.4 Å². The minimum Gasteiger partial charge on any atom is -0.466 e. The van der Waals surface area contributed by atoms with E-state index in [0.717, 1.165) is 5.56 Å². The molecule has 2 heterocycles. The van der Waals surface area contributed by atoms with Crippen molar-refractivity contribution < 1.29 is 18.7 Å². The van der Waals surface area contributed by atoms with Crippen LogP contribution in [0.4, 0.5) is 4.39 Å². The molecule has 1 aromatic heterocycles. The summed E-state index contributed by atoms with van der Waals surface area (Å²) < 4.78 is 26.5. The molecule has 2 aromatic rings. The number of aromatic nitrogens is 2. The van der Waals surface area contributed by atoms with Gasteiger partial charge < -0.3 is 9.47 Å². The first-order chi connectivity index (χ1) is 12.6. The number of esters is 1.